The van der Waals surface area contributed by atoms with Crippen LogP contribution >= 0.6 is 0 Å². The van der Waals surface area contributed by atoms with Gasteiger partial charge >= 0.3 is 0 Å². The second-order valence-corrected chi connectivity index (χ2v) is 8.59. The minimum absolute atomic E-state index is 0.0240. The van der Waals surface area contributed by atoms with Gasteiger partial charge in [-0.15, -0.1) is 0 Å². The zero-order valence-corrected chi connectivity index (χ0v) is 16.4. The summed E-state index contributed by atoms with van der Waals surface area (Å²) in [6.45, 7) is 0.417. The largest absolute Gasteiger partial charge is 0.377 e. The Hall–Kier alpha value is -2.38. The fraction of sp³-hybridized carbons (Fsp3) is 0.350. The summed E-state index contributed by atoms with van der Waals surface area (Å²) in [4.78, 5) is 14.2. The molecule has 3 rings (SSSR count). The number of anilines is 1. The van der Waals surface area contributed by atoms with Gasteiger partial charge in [0.05, 0.1) is 4.90 Å². The molecule has 0 heterocycles. The van der Waals surface area contributed by atoms with Crippen molar-refractivity contribution in [1.29, 1.82) is 0 Å². The van der Waals surface area contributed by atoms with Crippen molar-refractivity contribution < 1.29 is 13.2 Å². The van der Waals surface area contributed by atoms with E-state index in [2.05, 4.69) is 10.0 Å². The highest BCUT2D eigenvalue weighted by molar-refractivity contribution is 7.89. The lowest BCUT2D eigenvalue weighted by Crippen LogP contribution is -2.37. The number of nitrogens with one attached hydrogen (secondary N) is 2. The van der Waals surface area contributed by atoms with Crippen molar-refractivity contribution in [2.45, 2.75) is 17.7 Å². The third-order valence-corrected chi connectivity index (χ3v) is 6.24. The van der Waals surface area contributed by atoms with Crippen LogP contribution in [-0.2, 0) is 14.8 Å². The maximum atomic E-state index is 12.8. The number of rotatable bonds is 7. The van der Waals surface area contributed by atoms with Crippen molar-refractivity contribution >= 4 is 32.4 Å². The average molecular weight is 388 g/mol. The van der Waals surface area contributed by atoms with Crippen LogP contribution in [0.5, 0.6) is 0 Å². The smallest absolute Gasteiger partial charge is 0.241 e. The molecule has 0 spiro atoms. The van der Waals surface area contributed by atoms with Crippen LogP contribution in [0.2, 0.25) is 0 Å². The Bertz CT molecular complexity index is 960. The quantitative estimate of drug-likeness (QED) is 0.564. The number of carbonyl (C=O) groups excluding carboxylic acids is 1. The lowest BCUT2D eigenvalue weighted by Gasteiger charge is -2.17. The molecule has 27 heavy (non-hydrogen) atoms. The number of hydrogen-bond donors (Lipinski definition) is 2. The second kappa shape index (κ2) is 8.10. The number of carbonyl (C=O) groups is 1. The Kier molecular flexibility index (Phi) is 5.82. The van der Waals surface area contributed by atoms with Crippen LogP contribution < -0.4 is 14.9 Å². The van der Waals surface area contributed by atoms with Gasteiger partial charge in [-0.2, -0.15) is 0 Å². The first-order valence-corrected chi connectivity index (χ1v) is 10.5. The fourth-order valence-corrected chi connectivity index (χ4v) is 4.56. The van der Waals surface area contributed by atoms with Crippen molar-refractivity contribution in [2.24, 2.45) is 5.92 Å². The van der Waals surface area contributed by atoms with Gasteiger partial charge in [-0.1, -0.05) is 36.4 Å². The van der Waals surface area contributed by atoms with Crippen LogP contribution in [0.25, 0.3) is 10.8 Å². The third-order valence-electron chi connectivity index (χ3n) is 4.73. The van der Waals surface area contributed by atoms with Gasteiger partial charge in [0.1, 0.15) is 0 Å². The molecule has 0 saturated heterocycles. The number of nitrogens with zero attached hydrogens (tertiary/aromatic N) is 1. The van der Waals surface area contributed by atoms with Gasteiger partial charge < -0.3 is 10.2 Å². The zero-order chi connectivity index (χ0) is 19.4. The number of benzene rings is 2. The molecule has 0 atom stereocenters. The van der Waals surface area contributed by atoms with E-state index in [0.29, 0.717) is 5.39 Å². The van der Waals surface area contributed by atoms with Crippen molar-refractivity contribution in [1.82, 2.24) is 10.0 Å². The third kappa shape index (κ3) is 4.31. The van der Waals surface area contributed by atoms with Crippen LogP contribution in [0.3, 0.4) is 0 Å². The van der Waals surface area contributed by atoms with E-state index < -0.39 is 10.0 Å². The molecule has 0 saturated carbocycles. The average Bonchev–Trinajstić information content (AvgIpc) is 3.18. The van der Waals surface area contributed by atoms with E-state index in [9.17, 15) is 13.2 Å². The van der Waals surface area contributed by atoms with Crippen molar-refractivity contribution in [2.75, 3.05) is 32.1 Å². The molecule has 2 N–H and O–H groups in total. The Balaban J connectivity index is 1.70. The standard InChI is InChI=1S/C20H25N3O3S/c1-23(2)18-11-5-10-17-16(18)9-6-12-19(17)27(25,26)22-14-13-21-20(24)15-7-3-4-8-15/h3-6,9-12,15,22H,7-8,13-14H2,1-2H3,(H,21,24). The van der Waals surface area contributed by atoms with Crippen LogP contribution in [0, 0.1) is 5.92 Å². The second-order valence-electron chi connectivity index (χ2n) is 6.85. The minimum Gasteiger partial charge on any atom is -0.377 e. The molecule has 7 heteroatoms. The molecule has 6 nitrogen and oxygen atoms in total. The first kappa shape index (κ1) is 19.4. The summed E-state index contributed by atoms with van der Waals surface area (Å²) < 4.78 is 28.2. The van der Waals surface area contributed by atoms with E-state index in [0.717, 1.165) is 23.9 Å². The number of sulfonamides is 1. The SMILES string of the molecule is CN(C)c1cccc2c(S(=O)(=O)NCCNC(=O)C3CC=CC3)cccc12. The molecule has 0 aliphatic heterocycles. The van der Waals surface area contributed by atoms with E-state index in [1.807, 2.05) is 55.4 Å². The zero-order valence-electron chi connectivity index (χ0n) is 15.6. The predicted molar refractivity (Wildman–Crippen MR) is 108 cm³/mol. The van der Waals surface area contributed by atoms with Gasteiger partial charge in [0.15, 0.2) is 0 Å². The van der Waals surface area contributed by atoms with Crippen molar-refractivity contribution in [3.63, 3.8) is 0 Å². The molecule has 1 amide bonds. The first-order valence-electron chi connectivity index (χ1n) is 9.01. The molecule has 2 aromatic rings. The summed E-state index contributed by atoms with van der Waals surface area (Å²) in [6, 6.07) is 10.9. The van der Waals surface area contributed by atoms with Gasteiger partial charge in [0.25, 0.3) is 0 Å². The number of hydrogen-bond acceptors (Lipinski definition) is 4. The summed E-state index contributed by atoms with van der Waals surface area (Å²) in [5.41, 5.74) is 0.960. The Labute approximate surface area is 160 Å². The van der Waals surface area contributed by atoms with Crippen LogP contribution in [-0.4, -0.2) is 41.5 Å². The number of amides is 1. The molecule has 0 unspecified atom stereocenters. The monoisotopic (exact) mass is 387 g/mol. The molecule has 1 aliphatic rings. The van der Waals surface area contributed by atoms with Crippen LogP contribution in [0.4, 0.5) is 5.69 Å². The lowest BCUT2D eigenvalue weighted by molar-refractivity contribution is -0.124. The Morgan fingerprint density at radius 1 is 1.04 bits per heavy atom. The molecular weight excluding hydrogens is 362 g/mol. The van der Waals surface area contributed by atoms with Crippen LogP contribution in [0.15, 0.2) is 53.4 Å². The highest BCUT2D eigenvalue weighted by atomic mass is 32.2. The first-order chi connectivity index (χ1) is 12.9. The number of fused-ring (bicyclic) bond motifs is 1. The van der Waals surface area contributed by atoms with Gasteiger partial charge in [0.2, 0.25) is 15.9 Å². The van der Waals surface area contributed by atoms with E-state index in [1.54, 1.807) is 12.1 Å². The van der Waals surface area contributed by atoms with E-state index in [4.69, 9.17) is 0 Å². The normalized spacial score (nSPS) is 14.6. The maximum absolute atomic E-state index is 12.8. The van der Waals surface area contributed by atoms with Crippen molar-refractivity contribution in [3.8, 4) is 0 Å². The van der Waals surface area contributed by atoms with Crippen LogP contribution in [0.1, 0.15) is 12.8 Å². The molecule has 0 bridgehead atoms. The minimum atomic E-state index is -3.68. The highest BCUT2D eigenvalue weighted by Crippen LogP contribution is 2.30. The number of allylic oxidation sites excluding steroid dienone is 2. The summed E-state index contributed by atoms with van der Waals surface area (Å²) in [6.07, 6.45) is 5.49. The molecule has 0 radical (unpaired) electrons. The Morgan fingerprint density at radius 2 is 1.70 bits per heavy atom. The summed E-state index contributed by atoms with van der Waals surface area (Å²) in [5, 5.41) is 4.36. The summed E-state index contributed by atoms with van der Waals surface area (Å²) in [5.74, 6) is -0.0517. The topological polar surface area (TPSA) is 78.5 Å². The molecule has 144 valence electrons. The van der Waals surface area contributed by atoms with Gasteiger partial charge in [0, 0.05) is 49.6 Å². The van der Waals surface area contributed by atoms with Crippen molar-refractivity contribution in [3.05, 3.63) is 48.6 Å². The predicted octanol–water partition coefficient (Wildman–Crippen LogP) is 2.27. The summed E-state index contributed by atoms with van der Waals surface area (Å²) >= 11 is 0. The molecular formula is C20H25N3O3S. The molecule has 0 aromatic heterocycles. The van der Waals surface area contributed by atoms with E-state index in [1.165, 1.54) is 0 Å². The van der Waals surface area contributed by atoms with Gasteiger partial charge in [-0.3, -0.25) is 4.79 Å². The maximum Gasteiger partial charge on any atom is 0.241 e. The Morgan fingerprint density at radius 3 is 2.41 bits per heavy atom. The van der Waals surface area contributed by atoms with Gasteiger partial charge in [-0.25, -0.2) is 13.1 Å². The molecule has 1 aliphatic carbocycles. The van der Waals surface area contributed by atoms with Gasteiger partial charge in [-0.05, 0) is 25.0 Å². The summed E-state index contributed by atoms with van der Waals surface area (Å²) in [7, 11) is 0.176. The fourth-order valence-electron chi connectivity index (χ4n) is 3.31. The molecule has 2 aromatic carbocycles. The molecule has 0 fully saturated rings. The van der Waals surface area contributed by atoms with E-state index in [-0.39, 0.29) is 29.8 Å². The lowest BCUT2D eigenvalue weighted by atomic mass is 10.1. The highest BCUT2D eigenvalue weighted by Gasteiger charge is 2.20. The van der Waals surface area contributed by atoms with E-state index >= 15 is 0 Å².